The highest BCUT2D eigenvalue weighted by Crippen LogP contribution is 2.52. The molecule has 0 bridgehead atoms. The van der Waals surface area contributed by atoms with Gasteiger partial charge in [0.05, 0.1) is 18.4 Å². The minimum absolute atomic E-state index is 0.0147. The van der Waals surface area contributed by atoms with Crippen LogP contribution in [0.15, 0.2) is 36.4 Å². The zero-order valence-corrected chi connectivity index (χ0v) is 35.7. The van der Waals surface area contributed by atoms with E-state index in [1.54, 1.807) is 14.0 Å². The van der Waals surface area contributed by atoms with Gasteiger partial charge in [-0.1, -0.05) is 26.0 Å². The van der Waals surface area contributed by atoms with E-state index in [2.05, 4.69) is 22.3 Å². The molecule has 16 heteroatoms. The van der Waals surface area contributed by atoms with E-state index in [9.17, 15) is 22.8 Å². The standard InChI is InChI=1S/C43H58N6O9S/c1-24-9-7-8-10-29-22-43(29,40(52)47-59(54,55)42(3)13-14-42)46-37(50)34-21-32(57-38-33-12-11-30(56-6)19-28(33)20-35(44-38)48(4)5)23-49(34)39(51)36(25(2)15-24)45-41(53)58-31-17-26-16-27(26)18-31/h8,10-12,19-20,24-27,29,31-32,34,36H,7,9,13-18,21-23H2,1-6H3,(H,45,53)(H,46,50)(H,47,52)/b10-8-/t24-,25+,26-,27+,29+,31?,32+,34-,36-,43+/m0/s1. The van der Waals surface area contributed by atoms with Crippen LogP contribution < -0.4 is 29.7 Å². The van der Waals surface area contributed by atoms with Crippen molar-refractivity contribution in [2.75, 3.05) is 32.6 Å². The molecule has 3 heterocycles. The van der Waals surface area contributed by atoms with Crippen molar-refractivity contribution in [3.05, 3.63) is 36.4 Å². The van der Waals surface area contributed by atoms with E-state index in [1.807, 2.05) is 62.3 Å². The topological polar surface area (TPSA) is 186 Å². The Labute approximate surface area is 346 Å². The van der Waals surface area contributed by atoms with Crippen molar-refractivity contribution >= 4 is 50.4 Å². The maximum Gasteiger partial charge on any atom is 0.408 e. The van der Waals surface area contributed by atoms with E-state index < -0.39 is 68.2 Å². The number of anilines is 1. The summed E-state index contributed by atoms with van der Waals surface area (Å²) in [7, 11) is 1.32. The van der Waals surface area contributed by atoms with Gasteiger partial charge in [-0.25, -0.2) is 13.2 Å². The minimum Gasteiger partial charge on any atom is -0.497 e. The fraction of sp³-hybridized carbons (Fsp3) is 0.651. The SMILES string of the molecule is COc1ccc2c(O[C@@H]3C[C@H]4C(=O)N[C@]5(C(=O)NS(=O)(=O)C6(C)CC6)C[C@H]5/C=C\CC[C@H](C)C[C@@H](C)[C@H](NC(=O)OC5C[C@@H]6C[C@@H]6C5)C(=O)N4C3)nc(N(C)C)cc2c1. The number of ether oxygens (including phenoxy) is 3. The first-order valence-corrected chi connectivity index (χ1v) is 22.6. The maximum absolute atomic E-state index is 15.0. The van der Waals surface area contributed by atoms with Crippen LogP contribution in [0.5, 0.6) is 11.6 Å². The summed E-state index contributed by atoms with van der Waals surface area (Å²) in [6, 6.07) is 5.32. The van der Waals surface area contributed by atoms with Gasteiger partial charge in [0.1, 0.15) is 41.4 Å². The fourth-order valence-corrected chi connectivity index (χ4v) is 10.8. The Balaban J connectivity index is 1.12. The lowest BCUT2D eigenvalue weighted by atomic mass is 9.88. The summed E-state index contributed by atoms with van der Waals surface area (Å²) in [5, 5.41) is 7.39. The molecule has 6 aliphatic rings. The number of amides is 4. The van der Waals surface area contributed by atoms with Crippen molar-refractivity contribution in [3.8, 4) is 11.6 Å². The van der Waals surface area contributed by atoms with Crippen LogP contribution in [0, 0.1) is 29.6 Å². The highest BCUT2D eigenvalue weighted by atomic mass is 32.2. The van der Waals surface area contributed by atoms with E-state index in [-0.39, 0.29) is 37.3 Å². The maximum atomic E-state index is 15.0. The third-order valence-corrected chi connectivity index (χ3v) is 15.9. The fourth-order valence-electron chi connectivity index (χ4n) is 9.46. The molecular weight excluding hydrogens is 777 g/mol. The summed E-state index contributed by atoms with van der Waals surface area (Å²) in [4.78, 5) is 65.3. The Morgan fingerprint density at radius 1 is 1.02 bits per heavy atom. The van der Waals surface area contributed by atoms with E-state index >= 15 is 4.79 Å². The van der Waals surface area contributed by atoms with Gasteiger partial charge in [0.15, 0.2) is 0 Å². The van der Waals surface area contributed by atoms with Crippen LogP contribution in [0.25, 0.3) is 10.8 Å². The van der Waals surface area contributed by atoms with Crippen molar-refractivity contribution in [1.82, 2.24) is 25.2 Å². The average molecular weight is 835 g/mol. The Morgan fingerprint density at radius 2 is 1.76 bits per heavy atom. The van der Waals surface area contributed by atoms with E-state index in [0.717, 1.165) is 24.6 Å². The molecule has 0 radical (unpaired) electrons. The molecule has 4 saturated carbocycles. The first kappa shape index (κ1) is 41.1. The van der Waals surface area contributed by atoms with E-state index in [4.69, 9.17) is 19.2 Å². The number of allylic oxidation sites excluding steroid dienone is 1. The van der Waals surface area contributed by atoms with Crippen molar-refractivity contribution < 1.29 is 41.8 Å². The smallest absolute Gasteiger partial charge is 0.408 e. The molecule has 4 amide bonds. The molecule has 2 aliphatic heterocycles. The number of alkyl carbamates (subject to hydrolysis) is 1. The molecule has 1 aromatic heterocycles. The second-order valence-corrected chi connectivity index (χ2v) is 20.8. The zero-order valence-electron chi connectivity index (χ0n) is 34.9. The zero-order chi connectivity index (χ0) is 42.0. The summed E-state index contributed by atoms with van der Waals surface area (Å²) >= 11 is 0. The van der Waals surface area contributed by atoms with Crippen molar-refractivity contribution in [3.63, 3.8) is 0 Å². The Kier molecular flexibility index (Phi) is 10.8. The number of aromatic nitrogens is 1. The highest BCUT2D eigenvalue weighted by Gasteiger charge is 2.63. The summed E-state index contributed by atoms with van der Waals surface area (Å²) in [6.07, 6.45) is 8.34. The normalized spacial score (nSPS) is 34.1. The molecule has 1 aromatic carbocycles. The highest BCUT2D eigenvalue weighted by molar-refractivity contribution is 7.91. The van der Waals surface area contributed by atoms with Crippen molar-refractivity contribution in [2.45, 2.75) is 120 Å². The van der Waals surface area contributed by atoms with E-state index in [0.29, 0.717) is 60.4 Å². The number of sulfonamides is 1. The van der Waals surface area contributed by atoms with Gasteiger partial charge in [-0.05, 0) is 118 Å². The molecule has 4 aliphatic carbocycles. The molecule has 8 rings (SSSR count). The van der Waals surface area contributed by atoms with Crippen molar-refractivity contribution in [2.24, 2.45) is 29.6 Å². The van der Waals surface area contributed by atoms with Crippen LogP contribution >= 0.6 is 0 Å². The van der Waals surface area contributed by atoms with Crippen LogP contribution in [0.4, 0.5) is 10.6 Å². The quantitative estimate of drug-likeness (QED) is 0.304. The number of carbonyl (C=O) groups is 4. The Hall–Kier alpha value is -4.60. The van der Waals surface area contributed by atoms with Gasteiger partial charge < -0.3 is 34.6 Å². The first-order chi connectivity index (χ1) is 28.0. The molecule has 59 heavy (non-hydrogen) atoms. The van der Waals surface area contributed by atoms with Crippen LogP contribution in [-0.2, 0) is 29.1 Å². The predicted molar refractivity (Wildman–Crippen MR) is 220 cm³/mol. The minimum atomic E-state index is -4.00. The summed E-state index contributed by atoms with van der Waals surface area (Å²) < 4.78 is 45.8. The molecule has 2 aromatic rings. The molecule has 320 valence electrons. The Bertz CT molecular complexity index is 2150. The summed E-state index contributed by atoms with van der Waals surface area (Å²) in [6.45, 7) is 5.62. The van der Waals surface area contributed by atoms with Crippen LogP contribution in [0.3, 0.4) is 0 Å². The molecule has 0 spiro atoms. The van der Waals surface area contributed by atoms with Gasteiger partial charge in [-0.2, -0.15) is 4.98 Å². The lowest BCUT2D eigenvalue weighted by Crippen LogP contribution is -2.59. The van der Waals surface area contributed by atoms with Crippen LogP contribution in [-0.4, -0.2) is 104 Å². The van der Waals surface area contributed by atoms with Gasteiger partial charge in [-0.3, -0.25) is 19.1 Å². The summed E-state index contributed by atoms with van der Waals surface area (Å²) in [5.74, 6) is 0.326. The lowest BCUT2D eigenvalue weighted by molar-refractivity contribution is -0.142. The van der Waals surface area contributed by atoms with Gasteiger partial charge in [0, 0.05) is 31.8 Å². The molecule has 10 atom stereocenters. The largest absolute Gasteiger partial charge is 0.497 e. The molecule has 3 N–H and O–H groups in total. The number of nitrogens with one attached hydrogen (secondary N) is 3. The van der Waals surface area contributed by atoms with Gasteiger partial charge in [0.2, 0.25) is 27.7 Å². The van der Waals surface area contributed by atoms with Crippen molar-refractivity contribution in [1.29, 1.82) is 0 Å². The van der Waals surface area contributed by atoms with Gasteiger partial charge >= 0.3 is 6.09 Å². The monoisotopic (exact) mass is 834 g/mol. The van der Waals surface area contributed by atoms with Gasteiger partial charge in [-0.15, -0.1) is 0 Å². The molecule has 5 fully saturated rings. The van der Waals surface area contributed by atoms with Gasteiger partial charge in [0.25, 0.3) is 5.91 Å². The number of fused-ring (bicyclic) bond motifs is 4. The number of carbonyl (C=O) groups excluding carboxylic acids is 4. The molecule has 15 nitrogen and oxygen atoms in total. The summed E-state index contributed by atoms with van der Waals surface area (Å²) in [5.41, 5.74) is -1.53. The third kappa shape index (κ3) is 8.30. The first-order valence-electron chi connectivity index (χ1n) is 21.1. The molecule has 1 unspecified atom stereocenters. The second-order valence-electron chi connectivity index (χ2n) is 18.6. The number of benzene rings is 1. The Morgan fingerprint density at radius 3 is 2.46 bits per heavy atom. The second kappa shape index (κ2) is 15.5. The van der Waals surface area contributed by atoms with Crippen LogP contribution in [0.2, 0.25) is 0 Å². The number of rotatable bonds is 9. The number of methoxy groups -OCH3 is 1. The third-order valence-electron chi connectivity index (χ3n) is 13.7. The number of pyridine rings is 1. The van der Waals surface area contributed by atoms with E-state index in [1.165, 1.54) is 11.3 Å². The number of hydrogen-bond donors (Lipinski definition) is 3. The van der Waals surface area contributed by atoms with Crippen LogP contribution in [0.1, 0.15) is 85.0 Å². The number of hydrogen-bond acceptors (Lipinski definition) is 11. The predicted octanol–water partition coefficient (Wildman–Crippen LogP) is 4.44. The molecular formula is C43H58N6O9S. The molecule has 1 saturated heterocycles. The number of nitrogens with zero attached hydrogens (tertiary/aromatic N) is 3. The average Bonchev–Trinajstić information content (AvgIpc) is 4.14. The lowest BCUT2D eigenvalue weighted by Gasteiger charge is -2.33.